The Bertz CT molecular complexity index is 470. The smallest absolute Gasteiger partial charge is 0.168 e. The highest BCUT2D eigenvalue weighted by Gasteiger charge is 2.23. The largest absolute Gasteiger partial charge is 0.368 e. The molecule has 21 heavy (non-hydrogen) atoms. The fraction of sp³-hybridized carbons (Fsp3) is 0.667. The molecule has 0 aliphatic heterocycles. The van der Waals surface area contributed by atoms with E-state index < -0.39 is 11.6 Å². The van der Waals surface area contributed by atoms with E-state index in [0.29, 0.717) is 11.8 Å². The lowest BCUT2D eigenvalue weighted by atomic mass is 9.95. The monoisotopic (exact) mass is 315 g/mol. The molecule has 2 unspecified atom stereocenters. The van der Waals surface area contributed by atoms with E-state index in [1.165, 1.54) is 6.42 Å². The number of hydrogen-bond acceptors (Lipinski definition) is 4. The van der Waals surface area contributed by atoms with Crippen LogP contribution in [0.2, 0.25) is 0 Å². The zero-order valence-corrected chi connectivity index (χ0v) is 13.4. The third kappa shape index (κ3) is 4.46. The first kappa shape index (κ1) is 16.3. The molecule has 0 amide bonds. The molecule has 1 heterocycles. The van der Waals surface area contributed by atoms with Crippen LogP contribution in [0.3, 0.4) is 0 Å². The van der Waals surface area contributed by atoms with Gasteiger partial charge in [0.1, 0.15) is 0 Å². The Hall–Kier alpha value is -1.04. The summed E-state index contributed by atoms with van der Waals surface area (Å²) in [6.45, 7) is 2.60. The van der Waals surface area contributed by atoms with Crippen molar-refractivity contribution in [3.63, 3.8) is 0 Å². The number of aromatic nitrogens is 1. The first-order chi connectivity index (χ1) is 10.1. The van der Waals surface area contributed by atoms with Crippen LogP contribution >= 0.6 is 11.8 Å². The first-order valence-electron chi connectivity index (χ1n) is 7.53. The minimum Gasteiger partial charge on any atom is -0.368 e. The molecule has 1 aliphatic carbocycles. The van der Waals surface area contributed by atoms with Crippen LogP contribution in [0, 0.1) is 11.6 Å². The van der Waals surface area contributed by atoms with Gasteiger partial charge in [0, 0.05) is 23.9 Å². The van der Waals surface area contributed by atoms with Gasteiger partial charge in [-0.05, 0) is 31.9 Å². The second-order valence-corrected chi connectivity index (χ2v) is 6.58. The second-order valence-electron chi connectivity index (χ2n) is 5.44. The number of pyridine rings is 1. The van der Waals surface area contributed by atoms with Crippen LogP contribution in [0.4, 0.5) is 20.4 Å². The highest BCUT2D eigenvalue weighted by molar-refractivity contribution is 7.99. The molecule has 1 aliphatic rings. The normalized spacial score (nSPS) is 22.1. The van der Waals surface area contributed by atoms with E-state index in [2.05, 4.69) is 21.9 Å². The number of nitrogens with zero attached hydrogens (tertiary/aromatic N) is 1. The number of rotatable bonds is 6. The van der Waals surface area contributed by atoms with Crippen LogP contribution < -0.4 is 10.6 Å². The quantitative estimate of drug-likeness (QED) is 0.822. The lowest BCUT2D eigenvalue weighted by Crippen LogP contribution is -2.29. The van der Waals surface area contributed by atoms with E-state index >= 15 is 0 Å². The molecule has 0 spiro atoms. The Morgan fingerprint density at radius 1 is 1.29 bits per heavy atom. The maximum absolute atomic E-state index is 13.9. The Balaban J connectivity index is 2.07. The Morgan fingerprint density at radius 2 is 2.05 bits per heavy atom. The standard InChI is InChI=1S/C15H23F2N3S/c1-3-7-18-14-12(16)9-13(17)15(20-14)19-10-5-4-6-11(8-10)21-2/h9-11H,3-8H2,1-2H3,(H2,18,19,20). The first-order valence-corrected chi connectivity index (χ1v) is 8.82. The summed E-state index contributed by atoms with van der Waals surface area (Å²) in [4.78, 5) is 4.08. The molecule has 0 bridgehead atoms. The zero-order valence-electron chi connectivity index (χ0n) is 12.6. The number of anilines is 2. The molecule has 1 aromatic heterocycles. The van der Waals surface area contributed by atoms with E-state index in [-0.39, 0.29) is 17.7 Å². The summed E-state index contributed by atoms with van der Waals surface area (Å²) in [7, 11) is 0. The third-order valence-electron chi connectivity index (χ3n) is 3.77. The molecule has 118 valence electrons. The van der Waals surface area contributed by atoms with Crippen molar-refractivity contribution in [2.45, 2.75) is 50.3 Å². The predicted molar refractivity (Wildman–Crippen MR) is 86.1 cm³/mol. The summed E-state index contributed by atoms with van der Waals surface area (Å²) in [5.74, 6) is -0.988. The molecule has 1 aromatic rings. The minimum absolute atomic E-state index is 0.123. The number of hydrogen-bond donors (Lipinski definition) is 2. The van der Waals surface area contributed by atoms with Gasteiger partial charge < -0.3 is 10.6 Å². The lowest BCUT2D eigenvalue weighted by Gasteiger charge is -2.29. The summed E-state index contributed by atoms with van der Waals surface area (Å²) < 4.78 is 27.5. The van der Waals surface area contributed by atoms with Crippen molar-refractivity contribution in [3.05, 3.63) is 17.7 Å². The van der Waals surface area contributed by atoms with E-state index in [1.807, 2.05) is 18.7 Å². The predicted octanol–water partition coefficient (Wildman–Crippen LogP) is 4.27. The van der Waals surface area contributed by atoms with Crippen LogP contribution in [-0.2, 0) is 0 Å². The molecule has 2 atom stereocenters. The third-order valence-corrected chi connectivity index (χ3v) is 4.87. The molecule has 1 fully saturated rings. The van der Waals surface area contributed by atoms with Crippen molar-refractivity contribution >= 4 is 23.4 Å². The second kappa shape index (κ2) is 7.82. The van der Waals surface area contributed by atoms with Gasteiger partial charge in [0.15, 0.2) is 23.3 Å². The van der Waals surface area contributed by atoms with Crippen molar-refractivity contribution in [2.24, 2.45) is 0 Å². The van der Waals surface area contributed by atoms with Crippen LogP contribution in [0.5, 0.6) is 0 Å². The zero-order chi connectivity index (χ0) is 15.2. The van der Waals surface area contributed by atoms with Gasteiger partial charge in [-0.3, -0.25) is 0 Å². The highest BCUT2D eigenvalue weighted by atomic mass is 32.2. The van der Waals surface area contributed by atoms with Gasteiger partial charge in [0.25, 0.3) is 0 Å². The molecule has 6 heteroatoms. The van der Waals surface area contributed by atoms with Crippen molar-refractivity contribution in [3.8, 4) is 0 Å². The molecular weight excluding hydrogens is 292 g/mol. The summed E-state index contributed by atoms with van der Waals surface area (Å²) >= 11 is 1.85. The van der Waals surface area contributed by atoms with Crippen LogP contribution in [0.1, 0.15) is 39.0 Å². The number of halogens is 2. The van der Waals surface area contributed by atoms with Gasteiger partial charge in [-0.1, -0.05) is 13.3 Å². The van der Waals surface area contributed by atoms with Gasteiger partial charge in [-0.25, -0.2) is 13.8 Å². The summed E-state index contributed by atoms with van der Waals surface area (Å²) in [5.41, 5.74) is 0. The fourth-order valence-corrected chi connectivity index (χ4v) is 3.45. The van der Waals surface area contributed by atoms with Gasteiger partial charge >= 0.3 is 0 Å². The average molecular weight is 315 g/mol. The summed E-state index contributed by atoms with van der Waals surface area (Å²) in [6.07, 6.45) is 7.31. The Kier molecular flexibility index (Phi) is 6.08. The van der Waals surface area contributed by atoms with E-state index in [1.54, 1.807) is 0 Å². The summed E-state index contributed by atoms with van der Waals surface area (Å²) in [5, 5.41) is 6.65. The van der Waals surface area contributed by atoms with Gasteiger partial charge in [0.2, 0.25) is 0 Å². The summed E-state index contributed by atoms with van der Waals surface area (Å²) in [6, 6.07) is 1.12. The molecule has 1 saturated carbocycles. The van der Waals surface area contributed by atoms with Crippen molar-refractivity contribution in [1.29, 1.82) is 0 Å². The van der Waals surface area contributed by atoms with Crippen LogP contribution in [0.15, 0.2) is 6.07 Å². The minimum atomic E-state index is -0.642. The van der Waals surface area contributed by atoms with Crippen molar-refractivity contribution in [2.75, 3.05) is 23.4 Å². The maximum atomic E-state index is 13.9. The molecule has 0 saturated heterocycles. The molecular formula is C15H23F2N3S. The fourth-order valence-electron chi connectivity index (χ4n) is 2.62. The molecule has 0 aromatic carbocycles. The number of nitrogens with one attached hydrogen (secondary N) is 2. The highest BCUT2D eigenvalue weighted by Crippen LogP contribution is 2.29. The van der Waals surface area contributed by atoms with Gasteiger partial charge in [-0.2, -0.15) is 11.8 Å². The van der Waals surface area contributed by atoms with Gasteiger partial charge in [-0.15, -0.1) is 0 Å². The average Bonchev–Trinajstić information content (AvgIpc) is 2.49. The van der Waals surface area contributed by atoms with Crippen LogP contribution in [-0.4, -0.2) is 29.1 Å². The molecule has 2 rings (SSSR count). The van der Waals surface area contributed by atoms with Crippen molar-refractivity contribution in [1.82, 2.24) is 4.98 Å². The Labute approximate surface area is 129 Å². The van der Waals surface area contributed by atoms with E-state index in [9.17, 15) is 8.78 Å². The molecule has 0 radical (unpaired) electrons. The maximum Gasteiger partial charge on any atom is 0.168 e. The number of thioether (sulfide) groups is 1. The SMILES string of the molecule is CCCNc1nc(NC2CCCC(SC)C2)c(F)cc1F. The van der Waals surface area contributed by atoms with Crippen LogP contribution in [0.25, 0.3) is 0 Å². The van der Waals surface area contributed by atoms with Crippen molar-refractivity contribution < 1.29 is 8.78 Å². The molecule has 3 nitrogen and oxygen atoms in total. The van der Waals surface area contributed by atoms with Gasteiger partial charge in [0.05, 0.1) is 0 Å². The lowest BCUT2D eigenvalue weighted by molar-refractivity contribution is 0.469. The Morgan fingerprint density at radius 3 is 2.76 bits per heavy atom. The van der Waals surface area contributed by atoms with E-state index in [4.69, 9.17) is 0 Å². The molecule has 2 N–H and O–H groups in total. The topological polar surface area (TPSA) is 37.0 Å². The van der Waals surface area contributed by atoms with E-state index in [0.717, 1.165) is 31.7 Å².